The molecule has 17 heavy (non-hydrogen) atoms. The number of anilines is 1. The van der Waals surface area contributed by atoms with Gasteiger partial charge < -0.3 is 5.11 Å². The van der Waals surface area contributed by atoms with Crippen molar-refractivity contribution in [3.05, 3.63) is 5.01 Å². The summed E-state index contributed by atoms with van der Waals surface area (Å²) in [6.07, 6.45) is 2.04. The van der Waals surface area contributed by atoms with Crippen LogP contribution in [0.3, 0.4) is 0 Å². The lowest BCUT2D eigenvalue weighted by atomic mass is 10.00. The van der Waals surface area contributed by atoms with E-state index < -0.39 is 0 Å². The number of nitrogen functional groups attached to an aromatic ring is 1. The number of aliphatic hydroxyl groups is 1. The van der Waals surface area contributed by atoms with Crippen LogP contribution < -0.4 is 11.3 Å². The number of fused-ring (bicyclic) bond motifs is 1. The molecule has 3 atom stereocenters. The summed E-state index contributed by atoms with van der Waals surface area (Å²) < 4.78 is 0. The van der Waals surface area contributed by atoms with Crippen LogP contribution in [0.5, 0.6) is 0 Å². The molecule has 1 aromatic heterocycles. The van der Waals surface area contributed by atoms with E-state index in [4.69, 9.17) is 5.84 Å². The summed E-state index contributed by atoms with van der Waals surface area (Å²) in [5.74, 6) is 6.41. The lowest BCUT2D eigenvalue weighted by Crippen LogP contribution is -2.24. The van der Waals surface area contributed by atoms with Crippen molar-refractivity contribution in [2.75, 3.05) is 18.5 Å². The van der Waals surface area contributed by atoms with E-state index >= 15 is 0 Å². The number of aliphatic hydroxyl groups excluding tert-OH is 1. The molecule has 94 valence electrons. The second kappa shape index (κ2) is 4.49. The molecular weight excluding hydrogens is 238 g/mol. The number of nitrogens with two attached hydrogens (primary N) is 1. The first-order chi connectivity index (χ1) is 8.26. The van der Waals surface area contributed by atoms with E-state index in [1.165, 1.54) is 11.3 Å². The van der Waals surface area contributed by atoms with Gasteiger partial charge in [-0.25, -0.2) is 5.84 Å². The molecule has 6 nitrogen and oxygen atoms in total. The number of nitrogens with one attached hydrogen (secondary N) is 1. The molecule has 2 fully saturated rings. The van der Waals surface area contributed by atoms with Gasteiger partial charge in [-0.15, -0.1) is 10.2 Å². The van der Waals surface area contributed by atoms with Crippen molar-refractivity contribution in [2.24, 2.45) is 17.7 Å². The van der Waals surface area contributed by atoms with E-state index in [-0.39, 0.29) is 6.10 Å². The lowest BCUT2D eigenvalue weighted by molar-refractivity contribution is 0.123. The van der Waals surface area contributed by atoms with E-state index in [1.807, 2.05) is 0 Å². The SMILES string of the molecule is NNc1nnc(CN2CC3CCC(O)C3C2)s1. The quantitative estimate of drug-likeness (QED) is 0.521. The number of aromatic nitrogens is 2. The Hall–Kier alpha value is -0.760. The Balaban J connectivity index is 1.60. The molecule has 1 aliphatic carbocycles. The zero-order valence-corrected chi connectivity index (χ0v) is 10.4. The van der Waals surface area contributed by atoms with Crippen molar-refractivity contribution in [2.45, 2.75) is 25.5 Å². The molecule has 0 amide bonds. The van der Waals surface area contributed by atoms with Crippen molar-refractivity contribution >= 4 is 16.5 Å². The molecule has 1 saturated carbocycles. The molecule has 7 heteroatoms. The Morgan fingerprint density at radius 2 is 2.29 bits per heavy atom. The topological polar surface area (TPSA) is 87.3 Å². The summed E-state index contributed by atoms with van der Waals surface area (Å²) in [6, 6.07) is 0. The molecule has 3 rings (SSSR count). The Labute approximate surface area is 104 Å². The molecule has 1 aliphatic heterocycles. The minimum atomic E-state index is -0.0966. The van der Waals surface area contributed by atoms with Gasteiger partial charge in [-0.2, -0.15) is 0 Å². The Morgan fingerprint density at radius 1 is 1.41 bits per heavy atom. The van der Waals surface area contributed by atoms with Gasteiger partial charge in [0.15, 0.2) is 0 Å². The highest BCUT2D eigenvalue weighted by molar-refractivity contribution is 7.15. The molecule has 2 aliphatic rings. The van der Waals surface area contributed by atoms with Gasteiger partial charge in [-0.3, -0.25) is 10.3 Å². The van der Waals surface area contributed by atoms with E-state index in [0.29, 0.717) is 17.0 Å². The third-order valence-corrected chi connectivity index (χ3v) is 4.68. The summed E-state index contributed by atoms with van der Waals surface area (Å²) in [7, 11) is 0. The number of hydrogen-bond acceptors (Lipinski definition) is 7. The van der Waals surface area contributed by atoms with E-state index in [0.717, 1.165) is 37.5 Å². The molecule has 3 unspecified atom stereocenters. The van der Waals surface area contributed by atoms with Crippen molar-refractivity contribution in [3.63, 3.8) is 0 Å². The highest BCUT2D eigenvalue weighted by Crippen LogP contribution is 2.38. The zero-order chi connectivity index (χ0) is 11.8. The predicted octanol–water partition coefficient (Wildman–Crippen LogP) is 0.0264. The van der Waals surface area contributed by atoms with Gasteiger partial charge in [0.05, 0.1) is 12.6 Å². The average molecular weight is 255 g/mol. The standard InChI is InChI=1S/C10H17N5OS/c11-12-10-14-13-9(17-10)5-15-3-6-1-2-8(16)7(6)4-15/h6-8,16H,1-5,11H2,(H,12,14). The van der Waals surface area contributed by atoms with Crippen LogP contribution in [0.15, 0.2) is 0 Å². The van der Waals surface area contributed by atoms with Crippen LogP contribution in [0.25, 0.3) is 0 Å². The fraction of sp³-hybridized carbons (Fsp3) is 0.800. The normalized spacial score (nSPS) is 32.9. The summed E-state index contributed by atoms with van der Waals surface area (Å²) in [4.78, 5) is 2.36. The van der Waals surface area contributed by atoms with Crippen molar-refractivity contribution in [1.82, 2.24) is 15.1 Å². The number of nitrogens with zero attached hydrogens (tertiary/aromatic N) is 3. The van der Waals surface area contributed by atoms with Crippen LogP contribution >= 0.6 is 11.3 Å². The van der Waals surface area contributed by atoms with Crippen LogP contribution in [0.2, 0.25) is 0 Å². The highest BCUT2D eigenvalue weighted by Gasteiger charge is 2.41. The van der Waals surface area contributed by atoms with Gasteiger partial charge >= 0.3 is 0 Å². The van der Waals surface area contributed by atoms with Crippen molar-refractivity contribution in [3.8, 4) is 0 Å². The van der Waals surface area contributed by atoms with Gasteiger partial charge in [-0.05, 0) is 18.8 Å². The maximum Gasteiger partial charge on any atom is 0.219 e. The minimum Gasteiger partial charge on any atom is -0.393 e. The third-order valence-electron chi connectivity index (χ3n) is 3.84. The van der Waals surface area contributed by atoms with Crippen molar-refractivity contribution < 1.29 is 5.11 Å². The second-order valence-corrected chi connectivity index (χ2v) is 5.97. The zero-order valence-electron chi connectivity index (χ0n) is 9.54. The summed E-state index contributed by atoms with van der Waals surface area (Å²) in [5.41, 5.74) is 2.51. The number of rotatable bonds is 3. The van der Waals surface area contributed by atoms with Gasteiger partial charge in [-0.1, -0.05) is 11.3 Å². The van der Waals surface area contributed by atoms with E-state index in [9.17, 15) is 5.11 Å². The Kier molecular flexibility index (Phi) is 2.99. The average Bonchev–Trinajstić information content (AvgIpc) is 2.98. The molecule has 0 bridgehead atoms. The number of hydrazine groups is 1. The highest BCUT2D eigenvalue weighted by atomic mass is 32.1. The summed E-state index contributed by atoms with van der Waals surface area (Å²) in [6.45, 7) is 2.88. The fourth-order valence-electron chi connectivity index (χ4n) is 3.03. The molecule has 1 saturated heterocycles. The van der Waals surface area contributed by atoms with Crippen LogP contribution in [-0.4, -0.2) is 39.4 Å². The summed E-state index contributed by atoms with van der Waals surface area (Å²) in [5, 5.41) is 19.5. The monoisotopic (exact) mass is 255 g/mol. The largest absolute Gasteiger partial charge is 0.393 e. The molecule has 4 N–H and O–H groups in total. The van der Waals surface area contributed by atoms with E-state index in [2.05, 4.69) is 20.5 Å². The maximum atomic E-state index is 9.85. The molecule has 0 spiro atoms. The minimum absolute atomic E-state index is 0.0966. The van der Waals surface area contributed by atoms with Gasteiger partial charge in [0.1, 0.15) is 5.01 Å². The maximum absolute atomic E-state index is 9.85. The smallest absolute Gasteiger partial charge is 0.219 e. The van der Waals surface area contributed by atoms with Crippen LogP contribution in [-0.2, 0) is 6.54 Å². The Morgan fingerprint density at radius 3 is 3.00 bits per heavy atom. The van der Waals surface area contributed by atoms with Crippen LogP contribution in [0, 0.1) is 11.8 Å². The Bertz CT molecular complexity index is 398. The molecule has 2 heterocycles. The van der Waals surface area contributed by atoms with Crippen LogP contribution in [0.1, 0.15) is 17.8 Å². The molecular formula is C10H17N5OS. The van der Waals surface area contributed by atoms with Gasteiger partial charge in [0.25, 0.3) is 0 Å². The third kappa shape index (κ3) is 2.15. The van der Waals surface area contributed by atoms with Crippen molar-refractivity contribution in [1.29, 1.82) is 0 Å². The number of hydrogen-bond donors (Lipinski definition) is 3. The summed E-state index contributed by atoms with van der Waals surface area (Å²) >= 11 is 1.49. The first-order valence-electron chi connectivity index (χ1n) is 5.95. The number of likely N-dealkylation sites (tertiary alicyclic amines) is 1. The molecule has 0 aromatic carbocycles. The fourth-order valence-corrected chi connectivity index (χ4v) is 3.72. The van der Waals surface area contributed by atoms with Crippen LogP contribution in [0.4, 0.5) is 5.13 Å². The van der Waals surface area contributed by atoms with E-state index in [1.54, 1.807) is 0 Å². The first-order valence-corrected chi connectivity index (χ1v) is 6.77. The predicted molar refractivity (Wildman–Crippen MR) is 65.2 cm³/mol. The van der Waals surface area contributed by atoms with Gasteiger partial charge in [0.2, 0.25) is 5.13 Å². The lowest BCUT2D eigenvalue weighted by Gasteiger charge is -2.15. The first kappa shape index (κ1) is 11.3. The molecule has 1 aromatic rings. The second-order valence-electron chi connectivity index (χ2n) is 4.91. The molecule has 0 radical (unpaired) electrons. The van der Waals surface area contributed by atoms with Gasteiger partial charge in [0, 0.05) is 19.0 Å².